The minimum Gasteiger partial charge on any atom is -0.469 e. The van der Waals surface area contributed by atoms with Crippen LogP contribution in [0, 0.1) is 56.2 Å². The summed E-state index contributed by atoms with van der Waals surface area (Å²) >= 11 is 0. The van der Waals surface area contributed by atoms with Gasteiger partial charge in [0.25, 0.3) is 0 Å². The van der Waals surface area contributed by atoms with Crippen LogP contribution in [0.1, 0.15) is 120 Å². The van der Waals surface area contributed by atoms with Crippen molar-refractivity contribution in [1.29, 1.82) is 0 Å². The first kappa shape index (κ1) is 24.9. The molecule has 0 aromatic heterocycles. The maximum absolute atomic E-state index is 12.8. The molecule has 0 heterocycles. The number of hydrogen-bond donors (Lipinski definition) is 0. The lowest BCUT2D eigenvalue weighted by Crippen LogP contribution is -2.63. The fraction of sp³-hybridized carbons (Fsp3) is 0.906. The van der Waals surface area contributed by atoms with Crippen LogP contribution in [-0.2, 0) is 9.53 Å². The molecule has 0 spiro atoms. The number of carbonyl (C=O) groups excluding carboxylic acids is 1. The van der Waals surface area contributed by atoms with Gasteiger partial charge in [-0.3, -0.25) is 4.79 Å². The molecule has 5 rings (SSSR count). The Morgan fingerprint density at radius 3 is 2.24 bits per heavy atom. The highest BCUT2D eigenvalue weighted by atomic mass is 16.5. The zero-order valence-electron chi connectivity index (χ0n) is 23.8. The number of hydrogen-bond acceptors (Lipinski definition) is 2. The van der Waals surface area contributed by atoms with Crippen molar-refractivity contribution in [2.45, 2.75) is 120 Å². The fourth-order valence-electron chi connectivity index (χ4n) is 11.0. The van der Waals surface area contributed by atoms with Crippen molar-refractivity contribution < 1.29 is 9.53 Å². The Hall–Kier alpha value is -0.790. The molecular formula is C32H52O2. The van der Waals surface area contributed by atoms with Crippen molar-refractivity contribution in [3.05, 3.63) is 11.6 Å². The molecule has 0 radical (unpaired) electrons. The van der Waals surface area contributed by atoms with E-state index in [-0.39, 0.29) is 16.8 Å². The van der Waals surface area contributed by atoms with Gasteiger partial charge in [-0.2, -0.15) is 0 Å². The van der Waals surface area contributed by atoms with E-state index in [4.69, 9.17) is 4.74 Å². The van der Waals surface area contributed by atoms with Gasteiger partial charge in [-0.25, -0.2) is 0 Å². The summed E-state index contributed by atoms with van der Waals surface area (Å²) in [7, 11) is 1.57. The minimum absolute atomic E-state index is 0.00824. The number of carbonyl (C=O) groups is 1. The number of esters is 1. The Morgan fingerprint density at radius 1 is 0.882 bits per heavy atom. The van der Waals surface area contributed by atoms with Crippen molar-refractivity contribution in [3.63, 3.8) is 0 Å². The van der Waals surface area contributed by atoms with E-state index < -0.39 is 0 Å². The molecule has 2 nitrogen and oxygen atoms in total. The first-order valence-electron chi connectivity index (χ1n) is 14.5. The van der Waals surface area contributed by atoms with Gasteiger partial charge in [0.15, 0.2) is 0 Å². The molecule has 5 aliphatic rings. The van der Waals surface area contributed by atoms with E-state index in [2.05, 4.69) is 61.5 Å². The molecule has 0 bridgehead atoms. The molecule has 192 valence electrons. The van der Waals surface area contributed by atoms with E-state index in [1.807, 2.05) is 0 Å². The Bertz CT molecular complexity index is 901. The van der Waals surface area contributed by atoms with Gasteiger partial charge in [-0.05, 0) is 122 Å². The zero-order chi connectivity index (χ0) is 24.9. The predicted octanol–water partition coefficient (Wildman–Crippen LogP) is 8.60. The number of methoxy groups -OCH3 is 1. The molecule has 0 aromatic rings. The normalized spacial score (nSPS) is 54.0. The quantitative estimate of drug-likeness (QED) is 0.284. The summed E-state index contributed by atoms with van der Waals surface area (Å²) in [5.41, 5.74) is 3.25. The predicted molar refractivity (Wildman–Crippen MR) is 140 cm³/mol. The lowest BCUT2D eigenvalue weighted by molar-refractivity contribution is -0.191. The molecule has 0 aromatic carbocycles. The van der Waals surface area contributed by atoms with Crippen LogP contribution in [0.15, 0.2) is 11.6 Å². The van der Waals surface area contributed by atoms with Gasteiger partial charge in [0.1, 0.15) is 0 Å². The fourth-order valence-corrected chi connectivity index (χ4v) is 11.0. The second-order valence-electron chi connectivity index (χ2n) is 15.5. The van der Waals surface area contributed by atoms with Gasteiger partial charge >= 0.3 is 5.97 Å². The number of allylic oxidation sites excluding steroid dienone is 2. The van der Waals surface area contributed by atoms with Gasteiger partial charge in [0, 0.05) is 0 Å². The Labute approximate surface area is 210 Å². The zero-order valence-corrected chi connectivity index (χ0v) is 23.8. The average molecular weight is 469 g/mol. The third-order valence-electron chi connectivity index (χ3n) is 14.1. The van der Waals surface area contributed by atoms with Crippen LogP contribution in [0.3, 0.4) is 0 Å². The monoisotopic (exact) mass is 468 g/mol. The van der Waals surface area contributed by atoms with Gasteiger partial charge in [-0.1, -0.05) is 60.1 Å². The Balaban J connectivity index is 1.56. The van der Waals surface area contributed by atoms with Crippen LogP contribution >= 0.6 is 0 Å². The van der Waals surface area contributed by atoms with Crippen molar-refractivity contribution in [3.8, 4) is 0 Å². The van der Waals surface area contributed by atoms with Crippen LogP contribution in [-0.4, -0.2) is 13.1 Å². The third kappa shape index (κ3) is 2.95. The molecule has 2 heteroatoms. The average Bonchev–Trinajstić information content (AvgIpc) is 2.77. The molecule has 4 fully saturated rings. The van der Waals surface area contributed by atoms with E-state index >= 15 is 0 Å². The molecule has 9 atom stereocenters. The van der Waals surface area contributed by atoms with E-state index in [9.17, 15) is 4.79 Å². The van der Waals surface area contributed by atoms with E-state index in [1.165, 1.54) is 44.9 Å². The molecule has 0 aliphatic heterocycles. The largest absolute Gasteiger partial charge is 0.469 e. The van der Waals surface area contributed by atoms with Crippen LogP contribution in [0.4, 0.5) is 0 Å². The lowest BCUT2D eigenvalue weighted by atomic mass is 9.33. The first-order valence-corrected chi connectivity index (χ1v) is 14.5. The first-order chi connectivity index (χ1) is 15.7. The van der Waals surface area contributed by atoms with Crippen molar-refractivity contribution >= 4 is 5.97 Å². The summed E-state index contributed by atoms with van der Waals surface area (Å²) in [6.07, 6.45) is 15.3. The van der Waals surface area contributed by atoms with Crippen LogP contribution < -0.4 is 0 Å². The van der Waals surface area contributed by atoms with E-state index in [0.29, 0.717) is 27.6 Å². The van der Waals surface area contributed by atoms with Crippen LogP contribution in [0.5, 0.6) is 0 Å². The van der Waals surface area contributed by atoms with E-state index in [0.717, 1.165) is 37.0 Å². The standard InChI is InChI=1S/C32H52O2/c1-21-12-14-30(6)24(27(21,2)3)13-15-32(8)25(30)11-10-22-23-20-29(5,26(33)34-9)17-16-28(23,4)18-19-31(22,32)7/h10,21,23-25H,11-20H2,1-9H3/t21-,23-,24-,25?,28+,29-,30-,31+,32+/m0/s1. The number of fused-ring (bicyclic) bond motifs is 7. The molecule has 1 unspecified atom stereocenters. The highest BCUT2D eigenvalue weighted by molar-refractivity contribution is 5.76. The third-order valence-corrected chi connectivity index (χ3v) is 14.1. The SMILES string of the molecule is COC(=O)[C@@]1(C)CC[C@]2(C)CC[C@]3(C)C(=CCC4[C@@]5(C)CC[C@H](C)C(C)(C)[C@@H]5CC[C@]43C)[C@@H]2C1. The highest BCUT2D eigenvalue weighted by Gasteiger charge is 2.67. The topological polar surface area (TPSA) is 26.3 Å². The summed E-state index contributed by atoms with van der Waals surface area (Å²) in [6, 6.07) is 0. The van der Waals surface area contributed by atoms with Crippen molar-refractivity contribution in [2.75, 3.05) is 7.11 Å². The van der Waals surface area contributed by atoms with Gasteiger partial charge < -0.3 is 4.74 Å². The molecule has 34 heavy (non-hydrogen) atoms. The second kappa shape index (κ2) is 7.38. The highest BCUT2D eigenvalue weighted by Crippen LogP contribution is 2.76. The van der Waals surface area contributed by atoms with Crippen molar-refractivity contribution in [2.24, 2.45) is 56.2 Å². The lowest BCUT2D eigenvalue weighted by Gasteiger charge is -2.71. The molecule has 0 saturated heterocycles. The Morgan fingerprint density at radius 2 is 1.56 bits per heavy atom. The smallest absolute Gasteiger partial charge is 0.311 e. The summed E-state index contributed by atoms with van der Waals surface area (Å²) in [4.78, 5) is 12.8. The van der Waals surface area contributed by atoms with Crippen LogP contribution in [0.2, 0.25) is 0 Å². The molecule has 5 aliphatic carbocycles. The molecule has 4 saturated carbocycles. The van der Waals surface area contributed by atoms with Gasteiger partial charge in [-0.15, -0.1) is 0 Å². The second-order valence-corrected chi connectivity index (χ2v) is 15.5. The van der Waals surface area contributed by atoms with E-state index in [1.54, 1.807) is 12.7 Å². The summed E-state index contributed by atoms with van der Waals surface area (Å²) < 4.78 is 5.31. The maximum atomic E-state index is 12.8. The molecule has 0 amide bonds. The number of ether oxygens (including phenoxy) is 1. The molecule has 0 N–H and O–H groups in total. The summed E-state index contributed by atoms with van der Waals surface area (Å²) in [5, 5.41) is 0. The number of rotatable bonds is 1. The van der Waals surface area contributed by atoms with Gasteiger partial charge in [0.2, 0.25) is 0 Å². The summed E-state index contributed by atoms with van der Waals surface area (Å²) in [5.74, 6) is 2.98. The molecular weight excluding hydrogens is 416 g/mol. The summed E-state index contributed by atoms with van der Waals surface area (Å²) in [6.45, 7) is 20.4. The maximum Gasteiger partial charge on any atom is 0.311 e. The van der Waals surface area contributed by atoms with Crippen LogP contribution in [0.25, 0.3) is 0 Å². The minimum atomic E-state index is -0.330. The van der Waals surface area contributed by atoms with Crippen molar-refractivity contribution in [1.82, 2.24) is 0 Å². The van der Waals surface area contributed by atoms with Gasteiger partial charge in [0.05, 0.1) is 12.5 Å². The Kier molecular flexibility index (Phi) is 5.40.